The maximum Gasteiger partial charge on any atom is 0.433 e. The Hall–Kier alpha value is -1.30. The molecule has 2 aliphatic rings. The van der Waals surface area contributed by atoms with Crippen LogP contribution in [-0.4, -0.2) is 30.3 Å². The molecule has 0 aromatic carbocycles. The summed E-state index contributed by atoms with van der Waals surface area (Å²) in [5.41, 5.74) is -0.824. The van der Waals surface area contributed by atoms with Crippen molar-refractivity contribution in [2.45, 2.75) is 44.0 Å². The summed E-state index contributed by atoms with van der Waals surface area (Å²) in [4.78, 5) is 5.82. The van der Waals surface area contributed by atoms with Crippen molar-refractivity contribution in [3.05, 3.63) is 23.9 Å². The summed E-state index contributed by atoms with van der Waals surface area (Å²) in [6.45, 7) is 1.38. The van der Waals surface area contributed by atoms with Crippen LogP contribution in [0.25, 0.3) is 0 Å². The van der Waals surface area contributed by atoms with Gasteiger partial charge in [-0.1, -0.05) is 6.07 Å². The lowest BCUT2D eigenvalue weighted by Gasteiger charge is -2.31. The van der Waals surface area contributed by atoms with E-state index in [1.54, 1.807) is 6.07 Å². The molecule has 3 rings (SSSR count). The number of anilines is 1. The van der Waals surface area contributed by atoms with Gasteiger partial charge in [-0.3, -0.25) is 0 Å². The largest absolute Gasteiger partial charge is 0.433 e. The molecule has 1 aliphatic carbocycles. The normalized spacial score (nSPS) is 27.2. The lowest BCUT2D eigenvalue weighted by molar-refractivity contribution is -0.141. The molecule has 0 bridgehead atoms. The number of halogens is 3. The number of fused-ring (bicyclic) bond motifs is 1. The zero-order valence-corrected chi connectivity index (χ0v) is 11.1. The van der Waals surface area contributed by atoms with Crippen LogP contribution in [0.15, 0.2) is 18.2 Å². The second-order valence-electron chi connectivity index (χ2n) is 5.33. The van der Waals surface area contributed by atoms with E-state index in [1.165, 1.54) is 6.07 Å². The lowest BCUT2D eigenvalue weighted by atomic mass is 10.1. The summed E-state index contributed by atoms with van der Waals surface area (Å²) >= 11 is 0. The maximum atomic E-state index is 12.8. The van der Waals surface area contributed by atoms with Gasteiger partial charge in [0.15, 0.2) is 0 Å². The van der Waals surface area contributed by atoms with Crippen molar-refractivity contribution < 1.29 is 17.9 Å². The van der Waals surface area contributed by atoms with Gasteiger partial charge in [0.2, 0.25) is 0 Å². The zero-order chi connectivity index (χ0) is 14.2. The van der Waals surface area contributed by atoms with Gasteiger partial charge < -0.3 is 9.64 Å². The summed E-state index contributed by atoms with van der Waals surface area (Å²) in [6.07, 6.45) is -0.430. The third kappa shape index (κ3) is 2.61. The van der Waals surface area contributed by atoms with Gasteiger partial charge in [-0.2, -0.15) is 13.2 Å². The van der Waals surface area contributed by atoms with E-state index in [0.717, 1.165) is 31.7 Å². The van der Waals surface area contributed by atoms with E-state index in [4.69, 9.17) is 4.74 Å². The molecule has 0 N–H and O–H groups in total. The van der Waals surface area contributed by atoms with E-state index in [2.05, 4.69) is 4.98 Å². The molecule has 1 aromatic rings. The average Bonchev–Trinajstić information content (AvgIpc) is 2.78. The highest BCUT2D eigenvalue weighted by Crippen LogP contribution is 2.34. The van der Waals surface area contributed by atoms with Crippen LogP contribution in [0.5, 0.6) is 0 Å². The van der Waals surface area contributed by atoms with E-state index in [9.17, 15) is 13.2 Å². The number of hydrogen-bond acceptors (Lipinski definition) is 3. The first kappa shape index (κ1) is 13.7. The van der Waals surface area contributed by atoms with Crippen LogP contribution in [0.4, 0.5) is 19.0 Å². The molecule has 1 saturated carbocycles. The van der Waals surface area contributed by atoms with E-state index in [-0.39, 0.29) is 12.1 Å². The Kier molecular flexibility index (Phi) is 3.58. The minimum absolute atomic E-state index is 0.133. The second kappa shape index (κ2) is 5.24. The molecule has 2 unspecified atom stereocenters. The molecule has 3 nitrogen and oxygen atoms in total. The topological polar surface area (TPSA) is 25.4 Å². The molecular weight excluding hydrogens is 269 g/mol. The SMILES string of the molecule is FC(F)(F)c1cccc(N2CCCOC3CCCC32)n1. The van der Waals surface area contributed by atoms with Crippen molar-refractivity contribution >= 4 is 5.82 Å². The first-order valence-electron chi connectivity index (χ1n) is 6.98. The molecule has 1 saturated heterocycles. The Morgan fingerprint density at radius 1 is 1.20 bits per heavy atom. The van der Waals surface area contributed by atoms with Crippen LogP contribution in [-0.2, 0) is 10.9 Å². The summed E-state index contributed by atoms with van der Waals surface area (Å²) in [7, 11) is 0. The number of nitrogens with zero attached hydrogens (tertiary/aromatic N) is 2. The molecule has 6 heteroatoms. The average molecular weight is 286 g/mol. The highest BCUT2D eigenvalue weighted by atomic mass is 19.4. The van der Waals surface area contributed by atoms with Crippen molar-refractivity contribution in [1.82, 2.24) is 4.98 Å². The summed E-state index contributed by atoms with van der Waals surface area (Å²) in [5.74, 6) is 0.419. The van der Waals surface area contributed by atoms with E-state index < -0.39 is 11.9 Å². The molecule has 2 atom stereocenters. The van der Waals surface area contributed by atoms with Crippen LogP contribution in [0.3, 0.4) is 0 Å². The van der Waals surface area contributed by atoms with Gasteiger partial charge in [0.25, 0.3) is 0 Å². The summed E-state index contributed by atoms with van der Waals surface area (Å²) in [5, 5.41) is 0. The minimum Gasteiger partial charge on any atom is -0.376 e. The second-order valence-corrected chi connectivity index (χ2v) is 5.33. The lowest BCUT2D eigenvalue weighted by Crippen LogP contribution is -2.40. The number of ether oxygens (including phenoxy) is 1. The monoisotopic (exact) mass is 286 g/mol. The van der Waals surface area contributed by atoms with Gasteiger partial charge in [0, 0.05) is 13.2 Å². The molecule has 0 spiro atoms. The smallest absolute Gasteiger partial charge is 0.376 e. The number of pyridine rings is 1. The molecule has 2 heterocycles. The van der Waals surface area contributed by atoms with Crippen molar-refractivity contribution in [3.63, 3.8) is 0 Å². The standard InChI is InChI=1S/C14H17F3N2O/c15-14(16,17)12-6-2-7-13(18-12)19-8-3-9-20-11-5-1-4-10(11)19/h2,6-7,10-11H,1,3-5,8-9H2. The Bertz CT molecular complexity index is 478. The number of hydrogen-bond donors (Lipinski definition) is 0. The van der Waals surface area contributed by atoms with Crippen LogP contribution >= 0.6 is 0 Å². The van der Waals surface area contributed by atoms with Gasteiger partial charge in [0.1, 0.15) is 11.5 Å². The highest BCUT2D eigenvalue weighted by Gasteiger charge is 2.37. The van der Waals surface area contributed by atoms with Crippen LogP contribution in [0.1, 0.15) is 31.4 Å². The van der Waals surface area contributed by atoms with Gasteiger partial charge in [-0.05, 0) is 37.8 Å². The first-order valence-corrected chi connectivity index (χ1v) is 6.98. The Labute approximate surface area is 115 Å². The first-order chi connectivity index (χ1) is 9.55. The minimum atomic E-state index is -4.40. The summed E-state index contributed by atoms with van der Waals surface area (Å²) in [6, 6.07) is 4.27. The summed E-state index contributed by atoms with van der Waals surface area (Å²) < 4.78 is 44.1. The molecular formula is C14H17F3N2O. The molecule has 1 aromatic heterocycles. The number of alkyl halides is 3. The van der Waals surface area contributed by atoms with Gasteiger partial charge in [0.05, 0.1) is 12.1 Å². The zero-order valence-electron chi connectivity index (χ0n) is 11.1. The van der Waals surface area contributed by atoms with Gasteiger partial charge >= 0.3 is 6.18 Å². The molecule has 110 valence electrons. The third-order valence-corrected chi connectivity index (χ3v) is 4.01. The van der Waals surface area contributed by atoms with Gasteiger partial charge in [-0.25, -0.2) is 4.98 Å². The Morgan fingerprint density at radius 2 is 2.05 bits per heavy atom. The van der Waals surface area contributed by atoms with Crippen LogP contribution < -0.4 is 4.90 Å². The third-order valence-electron chi connectivity index (χ3n) is 4.01. The molecule has 0 amide bonds. The Balaban J connectivity index is 1.90. The molecule has 2 fully saturated rings. The van der Waals surface area contributed by atoms with E-state index >= 15 is 0 Å². The van der Waals surface area contributed by atoms with Crippen LogP contribution in [0, 0.1) is 0 Å². The number of rotatable bonds is 1. The van der Waals surface area contributed by atoms with Gasteiger partial charge in [-0.15, -0.1) is 0 Å². The highest BCUT2D eigenvalue weighted by molar-refractivity contribution is 5.42. The molecule has 1 aliphatic heterocycles. The van der Waals surface area contributed by atoms with E-state index in [1.807, 2.05) is 4.90 Å². The van der Waals surface area contributed by atoms with Crippen molar-refractivity contribution in [2.24, 2.45) is 0 Å². The predicted molar refractivity (Wildman–Crippen MR) is 68.6 cm³/mol. The fraction of sp³-hybridized carbons (Fsp3) is 0.643. The van der Waals surface area contributed by atoms with Crippen molar-refractivity contribution in [3.8, 4) is 0 Å². The number of aromatic nitrogens is 1. The maximum absolute atomic E-state index is 12.8. The fourth-order valence-corrected chi connectivity index (χ4v) is 3.12. The van der Waals surface area contributed by atoms with Crippen molar-refractivity contribution in [2.75, 3.05) is 18.1 Å². The molecule has 0 radical (unpaired) electrons. The Morgan fingerprint density at radius 3 is 2.85 bits per heavy atom. The van der Waals surface area contributed by atoms with Crippen molar-refractivity contribution in [1.29, 1.82) is 0 Å². The van der Waals surface area contributed by atoms with Crippen LogP contribution in [0.2, 0.25) is 0 Å². The quantitative estimate of drug-likeness (QED) is 0.792. The molecule has 20 heavy (non-hydrogen) atoms. The fourth-order valence-electron chi connectivity index (χ4n) is 3.12. The van der Waals surface area contributed by atoms with E-state index in [0.29, 0.717) is 19.0 Å². The predicted octanol–water partition coefficient (Wildman–Crippen LogP) is 3.25.